The summed E-state index contributed by atoms with van der Waals surface area (Å²) in [5.41, 5.74) is -1.58. The summed E-state index contributed by atoms with van der Waals surface area (Å²) in [6.45, 7) is 13.5. The second-order valence-electron chi connectivity index (χ2n) is 12.6. The molecule has 0 amide bonds. The predicted octanol–water partition coefficient (Wildman–Crippen LogP) is 11.6. The van der Waals surface area contributed by atoms with Crippen LogP contribution in [0.25, 0.3) is 43.7 Å². The molecule has 0 fully saturated rings. The maximum Gasteiger partial charge on any atom is 0.419 e. The Morgan fingerprint density at radius 1 is 0.938 bits per heavy atom. The van der Waals surface area contributed by atoms with Gasteiger partial charge in [-0.1, -0.05) is 108 Å². The average molecular weight is 839 g/mol. The van der Waals surface area contributed by atoms with Crippen LogP contribution in [0.1, 0.15) is 92.1 Å². The van der Waals surface area contributed by atoms with Crippen LogP contribution >= 0.6 is 0 Å². The first kappa shape index (κ1) is 31.6. The van der Waals surface area contributed by atoms with Gasteiger partial charge in [0.25, 0.3) is 0 Å². The fourth-order valence-electron chi connectivity index (χ4n) is 5.75. The van der Waals surface area contributed by atoms with E-state index in [0.717, 1.165) is 32.0 Å². The van der Waals surface area contributed by atoms with E-state index in [1.807, 2.05) is 27.7 Å². The number of allylic oxidation sites excluding steroid dienone is 2. The minimum absolute atomic E-state index is 0. The van der Waals surface area contributed by atoms with Crippen molar-refractivity contribution in [2.24, 2.45) is 11.8 Å². The molecule has 8 heteroatoms. The molecule has 0 aliphatic carbocycles. The third kappa shape index (κ3) is 8.51. The molecule has 4 nitrogen and oxygen atoms in total. The molecule has 5 rings (SSSR count). The molecule has 257 valence electrons. The second kappa shape index (κ2) is 16.2. The minimum atomic E-state index is -4.71. The fraction of sp³-hybridized carbons (Fsp3) is 0.375. The minimum Gasteiger partial charge on any atom is -0.512 e. The van der Waals surface area contributed by atoms with E-state index in [1.165, 1.54) is 18.2 Å². The number of nitrogens with zero attached hydrogens (tertiary/aromatic N) is 2. The largest absolute Gasteiger partial charge is 0.512 e. The number of hydrogen-bond donors (Lipinski definition) is 1. The van der Waals surface area contributed by atoms with Gasteiger partial charge < -0.3 is 5.11 Å². The van der Waals surface area contributed by atoms with E-state index in [1.54, 1.807) is 39.0 Å². The number of halogens is 3. The first-order chi connectivity index (χ1) is 24.3. The Balaban J connectivity index is 0.000000403. The molecule has 0 bridgehead atoms. The van der Waals surface area contributed by atoms with E-state index in [9.17, 15) is 23.1 Å². The van der Waals surface area contributed by atoms with Gasteiger partial charge in [0.05, 0.1) is 21.0 Å². The van der Waals surface area contributed by atoms with Gasteiger partial charge in [-0.3, -0.25) is 9.78 Å². The molecule has 0 aliphatic heterocycles. The van der Waals surface area contributed by atoms with Gasteiger partial charge >= 0.3 is 6.18 Å². The van der Waals surface area contributed by atoms with Crippen molar-refractivity contribution in [1.82, 2.24) is 9.97 Å². The molecule has 1 N–H and O–H groups in total. The standard InChI is InChI=1S/C27H20F3N2.C13H24O2.Ir/c1-26(2,3)22-14-18(12-16-8-4-6-10-19(16)22)24-21-13-17-9-5-7-11-20(17)23(27(28,29)30)25(21)32-15-31-24;1-5-10(6-2)12(14)9-13(15)11(7-3)8-4;/h4-11,13-15H,1-3H3;9-11,14H,5-8H2,1-4H3;/q-1;;/b;12-9-;/i4D,6D,8D,10D,14D;;. The van der Waals surface area contributed by atoms with Crippen molar-refractivity contribution in [3.8, 4) is 11.3 Å². The Morgan fingerprint density at radius 3 is 2.17 bits per heavy atom. The third-order valence-corrected chi connectivity index (χ3v) is 8.44. The molecule has 4 aromatic carbocycles. The number of alkyl halides is 3. The van der Waals surface area contributed by atoms with Crippen molar-refractivity contribution >= 4 is 38.2 Å². The molecule has 5 aromatic rings. The molecular formula is C40H44F3IrN2O2-. The molecule has 1 radical (unpaired) electrons. The molecule has 0 unspecified atom stereocenters. The van der Waals surface area contributed by atoms with Gasteiger partial charge in [0.2, 0.25) is 0 Å². The van der Waals surface area contributed by atoms with Crippen molar-refractivity contribution in [3.05, 3.63) is 95.9 Å². The maximum absolute atomic E-state index is 14.3. The van der Waals surface area contributed by atoms with Crippen LogP contribution in [-0.4, -0.2) is 20.9 Å². The van der Waals surface area contributed by atoms with Crippen molar-refractivity contribution < 1.29 is 50.0 Å². The topological polar surface area (TPSA) is 63.1 Å². The molecule has 0 atom stereocenters. The molecule has 0 spiro atoms. The number of aliphatic hydroxyl groups is 1. The number of hydrogen-bond acceptors (Lipinski definition) is 4. The smallest absolute Gasteiger partial charge is 0.419 e. The summed E-state index contributed by atoms with van der Waals surface area (Å²) in [7, 11) is 0. The van der Waals surface area contributed by atoms with E-state index < -0.39 is 29.2 Å². The van der Waals surface area contributed by atoms with E-state index in [-0.39, 0.29) is 99.9 Å². The Kier molecular flexibility index (Phi) is 10.7. The van der Waals surface area contributed by atoms with Crippen LogP contribution in [0.3, 0.4) is 0 Å². The SMILES string of the molecule is CCC(CC)C(=O)/C=C(\O)C(CC)CC.[2H]c1c([2H])c([2H])c2c(C(C)(C)C)c([2H])c(-c3ncnc4c(C(F)(F)F)c5ccccc5cc34)[c-]c2c1[2H].[Ir]. The van der Waals surface area contributed by atoms with Gasteiger partial charge in [0.1, 0.15) is 6.33 Å². The third-order valence-electron chi connectivity index (χ3n) is 8.44. The van der Waals surface area contributed by atoms with Crippen LogP contribution in [0.2, 0.25) is 0 Å². The van der Waals surface area contributed by atoms with Crippen LogP contribution in [0, 0.1) is 17.9 Å². The van der Waals surface area contributed by atoms with E-state index in [2.05, 4.69) is 16.0 Å². The quantitative estimate of drug-likeness (QED) is 0.0732. The summed E-state index contributed by atoms with van der Waals surface area (Å²) in [4.78, 5) is 20.0. The summed E-state index contributed by atoms with van der Waals surface area (Å²) >= 11 is 0. The van der Waals surface area contributed by atoms with Crippen LogP contribution in [0.5, 0.6) is 0 Å². The fourth-order valence-corrected chi connectivity index (χ4v) is 5.75. The van der Waals surface area contributed by atoms with Crippen LogP contribution in [0.15, 0.2) is 78.7 Å². The molecule has 1 aromatic heterocycles. The zero-order valence-corrected chi connectivity index (χ0v) is 30.6. The molecule has 0 saturated carbocycles. The predicted molar refractivity (Wildman–Crippen MR) is 186 cm³/mol. The van der Waals surface area contributed by atoms with Gasteiger partial charge in [0.15, 0.2) is 5.78 Å². The zero-order chi connectivity index (χ0) is 38.9. The van der Waals surface area contributed by atoms with E-state index in [0.29, 0.717) is 10.9 Å². The van der Waals surface area contributed by atoms with Crippen LogP contribution < -0.4 is 0 Å². The summed E-state index contributed by atoms with van der Waals surface area (Å²) in [5, 5.41) is 10.3. The van der Waals surface area contributed by atoms with Gasteiger partial charge in [-0.15, -0.1) is 29.1 Å². The number of ketones is 1. The Bertz CT molecular complexity index is 2180. The maximum atomic E-state index is 14.3. The summed E-state index contributed by atoms with van der Waals surface area (Å²) in [6.07, 6.45) is 1.21. The van der Waals surface area contributed by atoms with E-state index >= 15 is 0 Å². The Hall–Kier alpha value is -3.61. The molecule has 48 heavy (non-hydrogen) atoms. The molecule has 0 aliphatic rings. The Morgan fingerprint density at radius 2 is 1.56 bits per heavy atom. The van der Waals surface area contributed by atoms with Crippen molar-refractivity contribution in [2.45, 2.75) is 85.7 Å². The van der Waals surface area contributed by atoms with Crippen LogP contribution in [0.4, 0.5) is 13.2 Å². The normalized spacial score (nSPS) is 13.8. The number of carbonyl (C=O) groups excluding carboxylic acids is 1. The zero-order valence-electron chi connectivity index (χ0n) is 33.2. The van der Waals surface area contributed by atoms with Crippen molar-refractivity contribution in [2.75, 3.05) is 0 Å². The monoisotopic (exact) mass is 839 g/mol. The summed E-state index contributed by atoms with van der Waals surface area (Å²) in [6, 6.07) is 8.91. The van der Waals surface area contributed by atoms with Gasteiger partial charge in [-0.25, -0.2) is 4.98 Å². The van der Waals surface area contributed by atoms with Gasteiger partial charge in [-0.05, 0) is 47.3 Å². The second-order valence-corrected chi connectivity index (χ2v) is 12.6. The molecular weight excluding hydrogens is 790 g/mol. The van der Waals surface area contributed by atoms with Crippen LogP contribution in [-0.2, 0) is 36.5 Å². The number of aliphatic hydroxyl groups excluding tert-OH is 1. The summed E-state index contributed by atoms with van der Waals surface area (Å²) in [5.74, 6) is 0.547. The molecule has 0 saturated heterocycles. The first-order valence-corrected chi connectivity index (χ1v) is 16.0. The number of benzene rings is 4. The van der Waals surface area contributed by atoms with Crippen molar-refractivity contribution in [3.63, 3.8) is 0 Å². The summed E-state index contributed by atoms with van der Waals surface area (Å²) < 4.78 is 85.1. The van der Waals surface area contributed by atoms with Gasteiger partial charge in [-0.2, -0.15) is 13.2 Å². The Labute approximate surface area is 302 Å². The molecule has 1 heterocycles. The average Bonchev–Trinajstić information content (AvgIpc) is 3.08. The van der Waals surface area contributed by atoms with Gasteiger partial charge in [0, 0.05) is 46.5 Å². The number of carbonyl (C=O) groups is 1. The number of rotatable bonds is 8. The first-order valence-electron chi connectivity index (χ1n) is 18.5. The van der Waals surface area contributed by atoms with Crippen molar-refractivity contribution in [1.29, 1.82) is 0 Å². The van der Waals surface area contributed by atoms with E-state index in [4.69, 9.17) is 6.85 Å². The number of aromatic nitrogens is 2. The number of fused-ring (bicyclic) bond motifs is 3.